The molecule has 0 spiro atoms. The summed E-state index contributed by atoms with van der Waals surface area (Å²) >= 11 is 0. The molecule has 100 heavy (non-hydrogen) atoms. The maximum Gasteiger partial charge on any atom is 0.311 e. The largest absolute Gasteiger partial charge is 0.481 e. The van der Waals surface area contributed by atoms with E-state index in [0.717, 1.165) is 126 Å². The van der Waals surface area contributed by atoms with Gasteiger partial charge < -0.3 is 54.8 Å². The third-order valence-corrected chi connectivity index (χ3v) is 19.8. The molecule has 0 aromatic carbocycles. The first-order valence-electron chi connectivity index (χ1n) is 36.2. The Kier molecular flexibility index (Phi) is 24.6. The summed E-state index contributed by atoms with van der Waals surface area (Å²) in [5.41, 5.74) is 13.0. The highest BCUT2D eigenvalue weighted by Gasteiger charge is 2.40. The number of carboxylic acid groups (broad SMARTS) is 1. The number of nitrogens with one attached hydrogen (secondary N) is 2. The van der Waals surface area contributed by atoms with Crippen molar-refractivity contribution in [2.75, 3.05) is 100 Å². The van der Waals surface area contributed by atoms with E-state index >= 15 is 0 Å². The van der Waals surface area contributed by atoms with Crippen LogP contribution >= 0.6 is 0 Å². The summed E-state index contributed by atoms with van der Waals surface area (Å²) in [7, 11) is 6.34. The molecule has 27 heteroatoms. The molecular weight excluding hydrogens is 1270 g/mol. The van der Waals surface area contributed by atoms with Crippen LogP contribution in [0, 0.1) is 23.2 Å². The Morgan fingerprint density at radius 3 is 1.33 bits per heavy atom. The first-order chi connectivity index (χ1) is 47.0. The monoisotopic (exact) mass is 1390 g/mol. The van der Waals surface area contributed by atoms with E-state index in [1.54, 1.807) is 10.9 Å². The van der Waals surface area contributed by atoms with Crippen molar-refractivity contribution in [3.63, 3.8) is 0 Å². The summed E-state index contributed by atoms with van der Waals surface area (Å²) in [6.45, 7) is 53.0. The maximum atomic E-state index is 10.9. The van der Waals surface area contributed by atoms with Crippen LogP contribution in [0.2, 0.25) is 0 Å². The summed E-state index contributed by atoms with van der Waals surface area (Å²) in [6.07, 6.45) is 11.4. The quantitative estimate of drug-likeness (QED) is 0.0960. The van der Waals surface area contributed by atoms with Gasteiger partial charge in [-0.05, 0) is 55.1 Å². The van der Waals surface area contributed by atoms with Crippen LogP contribution in [-0.4, -0.2) is 215 Å². The Bertz CT molecular complexity index is 3630. The number of aliphatic carboxylic acids is 1. The van der Waals surface area contributed by atoms with Crippen LogP contribution < -0.4 is 44.8 Å². The minimum Gasteiger partial charge on any atom is -0.481 e. The van der Waals surface area contributed by atoms with E-state index in [1.807, 2.05) is 61.4 Å². The number of nitrogens with zero attached hydrogens (tertiary/aromatic N) is 15. The Hall–Kier alpha value is -7.20. The fraction of sp³-hybridized carbons (Fsp3) is 0.726. The molecular formula is C73H120N18O9. The fourth-order valence-electron chi connectivity index (χ4n) is 13.0. The molecule has 5 unspecified atom stereocenters. The number of carbonyl (C=O) groups is 2. The van der Waals surface area contributed by atoms with Crippen LogP contribution in [0.3, 0.4) is 0 Å². The number of ether oxygens (including phenoxy) is 6. The van der Waals surface area contributed by atoms with Gasteiger partial charge in [0.05, 0.1) is 108 Å². The SMILES string of the molecule is CC(=O)NCC1COc2c(C(C)C)cnn2C1.CC(C)(C)c1cnn2c1OCC(C(=O)O)C2.CC(C)c1cnn2c1OCC(C)(C)C2.CC(C)c1cnn2c1OCC(CN)C2.CN(C)C1CN(C2COc3c(C(C)(C)C)cnn3C2)C1.CNC1CN(C2COc3c(C(C)(C)C)cnn3C2)C1. The number of aromatic nitrogens is 12. The highest BCUT2D eigenvalue weighted by molar-refractivity contribution is 5.72. The number of amides is 1. The summed E-state index contributed by atoms with van der Waals surface area (Å²) < 4.78 is 46.3. The zero-order valence-electron chi connectivity index (χ0n) is 64.0. The number of hydrogen-bond acceptors (Lipinski definition) is 19. The zero-order chi connectivity index (χ0) is 72.9. The summed E-state index contributed by atoms with van der Waals surface area (Å²) in [5.74, 6) is 6.19. The van der Waals surface area contributed by atoms with E-state index < -0.39 is 11.9 Å². The second-order valence-electron chi connectivity index (χ2n) is 33.4. The zero-order valence-corrected chi connectivity index (χ0v) is 64.0. The van der Waals surface area contributed by atoms with Crippen LogP contribution in [0.15, 0.2) is 37.2 Å². The van der Waals surface area contributed by atoms with E-state index in [4.69, 9.17) is 39.3 Å². The molecule has 0 radical (unpaired) electrons. The Labute approximate surface area is 593 Å². The van der Waals surface area contributed by atoms with Crippen molar-refractivity contribution in [2.45, 2.75) is 222 Å². The van der Waals surface area contributed by atoms with E-state index in [-0.39, 0.29) is 34.2 Å². The van der Waals surface area contributed by atoms with Gasteiger partial charge in [0.1, 0.15) is 25.7 Å². The number of fused-ring (bicyclic) bond motifs is 6. The lowest BCUT2D eigenvalue weighted by Crippen LogP contribution is -2.63. The number of nitrogens with two attached hydrogens (primary N) is 1. The lowest BCUT2D eigenvalue weighted by Gasteiger charge is -2.47. The molecule has 1 amide bonds. The van der Waals surface area contributed by atoms with Crippen LogP contribution in [0.25, 0.3) is 0 Å². The molecule has 14 rings (SSSR count). The minimum absolute atomic E-state index is 0.000804. The third-order valence-electron chi connectivity index (χ3n) is 19.8. The van der Waals surface area contributed by atoms with Gasteiger partial charge in [0.25, 0.3) is 0 Å². The van der Waals surface area contributed by atoms with Crippen LogP contribution in [0.1, 0.15) is 176 Å². The third kappa shape index (κ3) is 18.7. The molecule has 5 atom stereocenters. The lowest BCUT2D eigenvalue weighted by molar-refractivity contribution is -0.144. The summed E-state index contributed by atoms with van der Waals surface area (Å²) in [6, 6.07) is 2.26. The second kappa shape index (κ2) is 32.0. The molecule has 27 nitrogen and oxygen atoms in total. The van der Waals surface area contributed by atoms with Crippen molar-refractivity contribution in [3.05, 3.63) is 70.6 Å². The summed E-state index contributed by atoms with van der Waals surface area (Å²) in [4.78, 5) is 29.0. The predicted molar refractivity (Wildman–Crippen MR) is 385 cm³/mol. The number of carbonyl (C=O) groups excluding carboxylic acids is 1. The number of carboxylic acids is 1. The standard InChI is InChI=1S/C15H26N4O.C14H24N4O.C12H19N3O2.C11H16N2O3.C11H18N2O.C10H17N3O/c1-15(2,3)13-6-16-19-9-12(10-20-14(13)19)18-7-11(8-18)17(4)5;1-14(2,3)12-5-16-18-8-11(9-19-13(12)18)17-6-10(7-17)15-4;1-8(2)11-5-14-15-6-10(4-13-9(3)16)7-17-12(11)15;1-11(2,3)8-4-12-13-5-7(10(14)15)6-16-9(8)13;1-8(2)9-5-12-13-6-11(3,4)7-14-10(9)13;1-7(2)9-4-12-13-5-8(3-11)6-14-10(9)13/h6,11-12H,7-10H2,1-5H3;5,10-11,15H,6-9H2,1-4H3;5,8,10H,4,6-7H2,1-3H3,(H,13,16);4,7H,5-6H2,1-3H3,(H,14,15);5,8H,6-7H2,1-4H3;4,7-8H,3,5-6,11H2,1-2H3. The van der Waals surface area contributed by atoms with Crippen LogP contribution in [0.5, 0.6) is 35.3 Å². The van der Waals surface area contributed by atoms with Gasteiger partial charge in [-0.25, -0.2) is 28.1 Å². The normalized spacial score (nSPS) is 21.6. The van der Waals surface area contributed by atoms with Crippen LogP contribution in [-0.2, 0) is 65.1 Å². The molecule has 0 bridgehead atoms. The Morgan fingerprint density at radius 1 is 0.540 bits per heavy atom. The van der Waals surface area contributed by atoms with E-state index in [2.05, 4.69) is 188 Å². The molecule has 556 valence electrons. The van der Waals surface area contributed by atoms with Crippen molar-refractivity contribution >= 4 is 11.9 Å². The first-order valence-corrected chi connectivity index (χ1v) is 36.2. The molecule has 6 aromatic heterocycles. The van der Waals surface area contributed by atoms with E-state index in [0.29, 0.717) is 85.9 Å². The van der Waals surface area contributed by atoms with E-state index in [1.165, 1.54) is 29.2 Å². The van der Waals surface area contributed by atoms with Gasteiger partial charge in [-0.1, -0.05) is 118 Å². The van der Waals surface area contributed by atoms with Crippen molar-refractivity contribution in [3.8, 4) is 35.3 Å². The van der Waals surface area contributed by atoms with Crippen molar-refractivity contribution in [2.24, 2.45) is 28.9 Å². The van der Waals surface area contributed by atoms with Crippen molar-refractivity contribution < 1.29 is 43.1 Å². The van der Waals surface area contributed by atoms with Gasteiger partial charge in [0.15, 0.2) is 0 Å². The maximum absolute atomic E-state index is 10.9. The Balaban J connectivity index is 0.000000141. The highest BCUT2D eigenvalue weighted by atomic mass is 16.5. The number of likely N-dealkylation sites (N-methyl/N-ethyl adjacent to an activating group) is 2. The predicted octanol–water partition coefficient (Wildman–Crippen LogP) is 7.86. The average Bonchev–Trinajstić information content (AvgIpc) is 1.45. The second-order valence-corrected chi connectivity index (χ2v) is 33.4. The number of likely N-dealkylation sites (tertiary alicyclic amines) is 2. The van der Waals surface area contributed by atoms with Gasteiger partial charge >= 0.3 is 5.97 Å². The van der Waals surface area contributed by atoms with Crippen LogP contribution in [0.4, 0.5) is 0 Å². The molecule has 8 aliphatic rings. The van der Waals surface area contributed by atoms with Crippen molar-refractivity contribution in [1.29, 1.82) is 0 Å². The molecule has 8 aliphatic heterocycles. The van der Waals surface area contributed by atoms with Crippen molar-refractivity contribution in [1.82, 2.24) is 84.0 Å². The van der Waals surface area contributed by atoms with E-state index in [9.17, 15) is 9.59 Å². The molecule has 0 saturated carbocycles. The number of rotatable bonds is 11. The molecule has 0 aliphatic carbocycles. The first kappa shape index (κ1) is 77.0. The number of hydrogen-bond donors (Lipinski definition) is 4. The van der Waals surface area contributed by atoms with Gasteiger partial charge in [0.2, 0.25) is 41.2 Å². The fourth-order valence-corrected chi connectivity index (χ4v) is 13.0. The Morgan fingerprint density at radius 2 is 0.920 bits per heavy atom. The molecule has 2 saturated heterocycles. The summed E-state index contributed by atoms with van der Waals surface area (Å²) in [5, 5.41) is 41.3. The highest BCUT2D eigenvalue weighted by Crippen LogP contribution is 2.39. The minimum atomic E-state index is -0.835. The van der Waals surface area contributed by atoms with Gasteiger partial charge in [0, 0.05) is 109 Å². The molecule has 14 heterocycles. The van der Waals surface area contributed by atoms with Gasteiger partial charge in [-0.3, -0.25) is 19.4 Å². The molecule has 6 aromatic rings. The molecule has 5 N–H and O–H groups in total. The van der Waals surface area contributed by atoms with Gasteiger partial charge in [-0.2, -0.15) is 30.6 Å². The lowest BCUT2D eigenvalue weighted by atomic mass is 9.89. The topological polar surface area (TPSA) is 276 Å². The van der Waals surface area contributed by atoms with Gasteiger partial charge in [-0.15, -0.1) is 0 Å². The average molecular weight is 1390 g/mol. The molecule has 2 fully saturated rings. The smallest absolute Gasteiger partial charge is 0.311 e.